The van der Waals surface area contributed by atoms with Crippen molar-refractivity contribution in [2.45, 2.75) is 31.2 Å². The van der Waals surface area contributed by atoms with E-state index in [-0.39, 0.29) is 5.25 Å². The second kappa shape index (κ2) is 6.70. The zero-order chi connectivity index (χ0) is 17.4. The number of thiazole rings is 1. The van der Waals surface area contributed by atoms with Crippen molar-refractivity contribution < 1.29 is 8.83 Å². The molecule has 128 valence electrons. The van der Waals surface area contributed by atoms with Gasteiger partial charge in [-0.1, -0.05) is 17.8 Å². The number of thiophene rings is 1. The van der Waals surface area contributed by atoms with Crippen LogP contribution in [0.25, 0.3) is 21.5 Å². The van der Waals surface area contributed by atoms with Crippen LogP contribution >= 0.6 is 34.4 Å². The van der Waals surface area contributed by atoms with Gasteiger partial charge in [-0.05, 0) is 32.2 Å². The average Bonchev–Trinajstić information content (AvgIpc) is 3.34. The van der Waals surface area contributed by atoms with Crippen LogP contribution in [0.4, 0.5) is 0 Å². The second-order valence-electron chi connectivity index (χ2n) is 5.20. The summed E-state index contributed by atoms with van der Waals surface area (Å²) in [5, 5.41) is 19.8. The summed E-state index contributed by atoms with van der Waals surface area (Å²) in [6, 6.07) is 3.90. The molecule has 0 amide bonds. The van der Waals surface area contributed by atoms with Crippen molar-refractivity contribution in [2.75, 3.05) is 0 Å². The van der Waals surface area contributed by atoms with E-state index in [2.05, 4.69) is 25.4 Å². The Balaban J connectivity index is 1.50. The van der Waals surface area contributed by atoms with Crippen molar-refractivity contribution >= 4 is 34.4 Å². The highest BCUT2D eigenvalue weighted by atomic mass is 32.2. The fraction of sp³-hybridized carbons (Fsp3) is 0.267. The van der Waals surface area contributed by atoms with E-state index in [1.165, 1.54) is 11.8 Å². The van der Waals surface area contributed by atoms with Crippen LogP contribution < -0.4 is 0 Å². The predicted molar refractivity (Wildman–Crippen MR) is 96.8 cm³/mol. The molecule has 0 aliphatic rings. The lowest BCUT2D eigenvalue weighted by atomic mass is 10.4. The zero-order valence-corrected chi connectivity index (χ0v) is 16.0. The summed E-state index contributed by atoms with van der Waals surface area (Å²) in [6.45, 7) is 5.85. The molecule has 25 heavy (non-hydrogen) atoms. The largest absolute Gasteiger partial charge is 0.419 e. The van der Waals surface area contributed by atoms with Gasteiger partial charge in [-0.15, -0.1) is 43.1 Å². The SMILES string of the molecule is Cc1nc(C)c(-c2nnc(SC(C)c3nnc(-c4cccs4)o3)o2)s1. The van der Waals surface area contributed by atoms with Gasteiger partial charge in [-0.2, -0.15) is 0 Å². The minimum absolute atomic E-state index is 0.0983. The van der Waals surface area contributed by atoms with E-state index in [9.17, 15) is 0 Å². The molecule has 0 aliphatic carbocycles. The maximum absolute atomic E-state index is 5.76. The van der Waals surface area contributed by atoms with Gasteiger partial charge >= 0.3 is 0 Å². The first-order valence-corrected chi connectivity index (χ1v) is 9.99. The Hall–Kier alpha value is -2.04. The van der Waals surface area contributed by atoms with Crippen LogP contribution in [0.1, 0.15) is 28.8 Å². The molecule has 0 aliphatic heterocycles. The highest BCUT2D eigenvalue weighted by molar-refractivity contribution is 7.99. The van der Waals surface area contributed by atoms with Crippen molar-refractivity contribution in [3.63, 3.8) is 0 Å². The highest BCUT2D eigenvalue weighted by Gasteiger charge is 2.21. The molecule has 0 bridgehead atoms. The summed E-state index contributed by atoms with van der Waals surface area (Å²) in [7, 11) is 0. The van der Waals surface area contributed by atoms with Gasteiger partial charge in [0.15, 0.2) is 0 Å². The molecule has 4 aromatic rings. The van der Waals surface area contributed by atoms with Crippen molar-refractivity contribution in [1.29, 1.82) is 0 Å². The average molecular weight is 392 g/mol. The second-order valence-corrected chi connectivity index (χ2v) is 8.65. The number of thioether (sulfide) groups is 1. The first-order chi connectivity index (χ1) is 12.1. The molecule has 0 N–H and O–H groups in total. The van der Waals surface area contributed by atoms with Crippen LogP contribution in [0.2, 0.25) is 0 Å². The predicted octanol–water partition coefficient (Wildman–Crippen LogP) is 4.77. The van der Waals surface area contributed by atoms with Gasteiger partial charge in [-0.25, -0.2) is 4.98 Å². The van der Waals surface area contributed by atoms with Crippen molar-refractivity contribution in [1.82, 2.24) is 25.4 Å². The molecule has 0 fully saturated rings. The van der Waals surface area contributed by atoms with Gasteiger partial charge in [0.05, 0.1) is 20.8 Å². The van der Waals surface area contributed by atoms with Crippen LogP contribution in [0.15, 0.2) is 31.6 Å². The number of hydrogen-bond donors (Lipinski definition) is 0. The van der Waals surface area contributed by atoms with E-state index in [4.69, 9.17) is 8.83 Å². The molecule has 0 spiro atoms. The smallest absolute Gasteiger partial charge is 0.277 e. The lowest BCUT2D eigenvalue weighted by molar-refractivity contribution is 0.462. The molecule has 4 rings (SSSR count). The van der Waals surface area contributed by atoms with Crippen molar-refractivity contribution in [3.05, 3.63) is 34.1 Å². The van der Waals surface area contributed by atoms with Gasteiger partial charge in [0.25, 0.3) is 17.0 Å². The lowest BCUT2D eigenvalue weighted by Crippen LogP contribution is -1.88. The summed E-state index contributed by atoms with van der Waals surface area (Å²) in [4.78, 5) is 6.24. The molecule has 10 heteroatoms. The topological polar surface area (TPSA) is 90.7 Å². The number of aryl methyl sites for hydroxylation is 2. The van der Waals surface area contributed by atoms with Crippen LogP contribution in [0, 0.1) is 13.8 Å². The number of aromatic nitrogens is 5. The summed E-state index contributed by atoms with van der Waals surface area (Å²) < 4.78 is 11.5. The number of nitrogens with zero attached hydrogens (tertiary/aromatic N) is 5. The maximum Gasteiger partial charge on any atom is 0.277 e. The molecule has 1 unspecified atom stereocenters. The third-order valence-corrected chi connectivity index (χ3v) is 6.14. The van der Waals surface area contributed by atoms with Crippen LogP contribution in [-0.2, 0) is 0 Å². The van der Waals surface area contributed by atoms with Gasteiger partial charge in [0.1, 0.15) is 4.88 Å². The lowest BCUT2D eigenvalue weighted by Gasteiger charge is -2.01. The summed E-state index contributed by atoms with van der Waals surface area (Å²) >= 11 is 4.49. The standard InChI is InChI=1S/C15H13N5O2S3/c1-7-11(25-9(3)16-7)14-19-20-15(22-14)24-8(2)12-17-18-13(21-12)10-5-4-6-23-10/h4-6,8H,1-3H3. The summed E-state index contributed by atoms with van der Waals surface area (Å²) in [5.74, 6) is 1.54. The first-order valence-electron chi connectivity index (χ1n) is 7.42. The normalized spacial score (nSPS) is 12.6. The maximum atomic E-state index is 5.76. The van der Waals surface area contributed by atoms with E-state index < -0.39 is 0 Å². The Bertz CT molecular complexity index is 989. The van der Waals surface area contributed by atoms with Gasteiger partial charge in [0, 0.05) is 0 Å². The van der Waals surface area contributed by atoms with Gasteiger partial charge in [-0.3, -0.25) is 0 Å². The Morgan fingerprint density at radius 3 is 2.64 bits per heavy atom. The van der Waals surface area contributed by atoms with Crippen LogP contribution in [0.5, 0.6) is 0 Å². The van der Waals surface area contributed by atoms with E-state index in [1.807, 2.05) is 38.3 Å². The third-order valence-electron chi connectivity index (χ3n) is 3.30. The molecule has 4 heterocycles. The van der Waals surface area contributed by atoms with E-state index in [0.717, 1.165) is 20.5 Å². The van der Waals surface area contributed by atoms with Crippen molar-refractivity contribution in [3.8, 4) is 21.5 Å². The van der Waals surface area contributed by atoms with E-state index in [1.54, 1.807) is 22.7 Å². The van der Waals surface area contributed by atoms with Gasteiger partial charge < -0.3 is 8.83 Å². The fourth-order valence-corrected chi connectivity index (χ4v) is 4.38. The Morgan fingerprint density at radius 2 is 1.92 bits per heavy atom. The molecule has 0 saturated heterocycles. The monoisotopic (exact) mass is 391 g/mol. The van der Waals surface area contributed by atoms with Crippen LogP contribution in [-0.4, -0.2) is 25.4 Å². The van der Waals surface area contributed by atoms with E-state index in [0.29, 0.717) is 22.9 Å². The summed E-state index contributed by atoms with van der Waals surface area (Å²) in [5.41, 5.74) is 0.897. The molecule has 0 radical (unpaired) electrons. The minimum Gasteiger partial charge on any atom is -0.419 e. The first kappa shape index (κ1) is 16.4. The Morgan fingerprint density at radius 1 is 1.08 bits per heavy atom. The molecular formula is C15H13N5O2S3. The molecule has 0 saturated carbocycles. The minimum atomic E-state index is -0.0983. The zero-order valence-electron chi connectivity index (χ0n) is 13.6. The number of rotatable bonds is 5. The number of hydrogen-bond acceptors (Lipinski definition) is 10. The molecule has 1 atom stereocenters. The van der Waals surface area contributed by atoms with Crippen LogP contribution in [0.3, 0.4) is 0 Å². The fourth-order valence-electron chi connectivity index (χ4n) is 2.18. The Labute approximate surface area is 155 Å². The quantitative estimate of drug-likeness (QED) is 0.449. The molecule has 4 aromatic heterocycles. The molecule has 0 aromatic carbocycles. The highest BCUT2D eigenvalue weighted by Crippen LogP contribution is 2.37. The Kier molecular flexibility index (Phi) is 4.40. The van der Waals surface area contributed by atoms with E-state index >= 15 is 0 Å². The van der Waals surface area contributed by atoms with Crippen molar-refractivity contribution in [2.24, 2.45) is 0 Å². The molecule has 7 nitrogen and oxygen atoms in total. The third kappa shape index (κ3) is 3.37. The summed E-state index contributed by atoms with van der Waals surface area (Å²) in [6.07, 6.45) is 0. The van der Waals surface area contributed by atoms with Gasteiger partial charge in [0.2, 0.25) is 5.89 Å². The molecular weight excluding hydrogens is 378 g/mol.